The SMILES string of the molecule is C#CCSCCNC1CCCC(C)C1. The fourth-order valence-electron chi connectivity index (χ4n) is 2.09. The van der Waals surface area contributed by atoms with Gasteiger partial charge in [0.25, 0.3) is 0 Å². The lowest BCUT2D eigenvalue weighted by molar-refractivity contribution is 0.306. The predicted octanol–water partition coefficient (Wildman–Crippen LogP) is 2.52. The van der Waals surface area contributed by atoms with Gasteiger partial charge in [0.1, 0.15) is 0 Å². The monoisotopic (exact) mass is 211 g/mol. The molecule has 0 radical (unpaired) electrons. The van der Waals surface area contributed by atoms with Crippen molar-refractivity contribution in [3.8, 4) is 12.3 Å². The molecule has 0 aromatic carbocycles. The van der Waals surface area contributed by atoms with Crippen LogP contribution >= 0.6 is 11.8 Å². The molecule has 1 nitrogen and oxygen atoms in total. The van der Waals surface area contributed by atoms with Gasteiger partial charge in [-0.05, 0) is 18.8 Å². The van der Waals surface area contributed by atoms with Gasteiger partial charge in [-0.1, -0.05) is 25.7 Å². The van der Waals surface area contributed by atoms with E-state index in [4.69, 9.17) is 6.42 Å². The summed E-state index contributed by atoms with van der Waals surface area (Å²) in [5.74, 6) is 5.56. The van der Waals surface area contributed by atoms with Gasteiger partial charge in [0.2, 0.25) is 0 Å². The summed E-state index contributed by atoms with van der Waals surface area (Å²) in [6.07, 6.45) is 10.7. The third-order valence-electron chi connectivity index (χ3n) is 2.80. The van der Waals surface area contributed by atoms with E-state index in [0.717, 1.165) is 30.0 Å². The Kier molecular flexibility index (Phi) is 6.14. The summed E-state index contributed by atoms with van der Waals surface area (Å²) >= 11 is 1.84. The van der Waals surface area contributed by atoms with Crippen LogP contribution in [0.4, 0.5) is 0 Å². The van der Waals surface area contributed by atoms with Gasteiger partial charge < -0.3 is 5.32 Å². The van der Waals surface area contributed by atoms with Crippen LogP contribution < -0.4 is 5.32 Å². The van der Waals surface area contributed by atoms with E-state index in [0.29, 0.717) is 0 Å². The Balaban J connectivity index is 1.98. The molecule has 1 aliphatic carbocycles. The second kappa shape index (κ2) is 7.20. The molecule has 1 N–H and O–H groups in total. The molecule has 0 aromatic rings. The highest BCUT2D eigenvalue weighted by atomic mass is 32.2. The van der Waals surface area contributed by atoms with E-state index in [1.165, 1.54) is 25.7 Å². The quantitative estimate of drug-likeness (QED) is 0.554. The van der Waals surface area contributed by atoms with Gasteiger partial charge in [-0.15, -0.1) is 18.2 Å². The van der Waals surface area contributed by atoms with Crippen molar-refractivity contribution in [3.05, 3.63) is 0 Å². The predicted molar refractivity (Wildman–Crippen MR) is 65.6 cm³/mol. The van der Waals surface area contributed by atoms with Gasteiger partial charge in [-0.25, -0.2) is 0 Å². The second-order valence-corrected chi connectivity index (χ2v) is 5.28. The van der Waals surface area contributed by atoms with Crippen LogP contribution in [-0.2, 0) is 0 Å². The summed E-state index contributed by atoms with van der Waals surface area (Å²) in [6, 6.07) is 0.769. The van der Waals surface area contributed by atoms with Crippen LogP contribution in [0.1, 0.15) is 32.6 Å². The number of thioether (sulfide) groups is 1. The molecule has 0 amide bonds. The highest BCUT2D eigenvalue weighted by molar-refractivity contribution is 7.99. The molecular weight excluding hydrogens is 190 g/mol. The minimum atomic E-state index is 0.769. The van der Waals surface area contributed by atoms with Crippen molar-refractivity contribution in [2.75, 3.05) is 18.1 Å². The molecule has 0 bridgehead atoms. The van der Waals surface area contributed by atoms with E-state index in [2.05, 4.69) is 18.2 Å². The molecule has 1 saturated carbocycles. The molecule has 14 heavy (non-hydrogen) atoms. The van der Waals surface area contributed by atoms with Crippen molar-refractivity contribution in [1.29, 1.82) is 0 Å². The second-order valence-electron chi connectivity index (χ2n) is 4.18. The Labute approximate surface area is 92.4 Å². The van der Waals surface area contributed by atoms with Crippen molar-refractivity contribution < 1.29 is 0 Å². The minimum Gasteiger partial charge on any atom is -0.313 e. The lowest BCUT2D eigenvalue weighted by Crippen LogP contribution is -2.34. The van der Waals surface area contributed by atoms with Crippen LogP contribution in [0.25, 0.3) is 0 Å². The van der Waals surface area contributed by atoms with E-state index < -0.39 is 0 Å². The Morgan fingerprint density at radius 1 is 1.50 bits per heavy atom. The molecular formula is C12H21NS. The third-order valence-corrected chi connectivity index (χ3v) is 3.66. The van der Waals surface area contributed by atoms with E-state index >= 15 is 0 Å². The van der Waals surface area contributed by atoms with Crippen molar-refractivity contribution >= 4 is 11.8 Å². The maximum Gasteiger partial charge on any atom is 0.0545 e. The molecule has 0 aliphatic heterocycles. The molecule has 80 valence electrons. The molecule has 0 aromatic heterocycles. The Morgan fingerprint density at radius 2 is 2.36 bits per heavy atom. The lowest BCUT2D eigenvalue weighted by Gasteiger charge is -2.27. The standard InChI is InChI=1S/C12H21NS/c1-3-8-14-9-7-13-12-6-4-5-11(2)10-12/h1,11-13H,4-10H2,2H3. The zero-order valence-corrected chi connectivity index (χ0v) is 9.91. The van der Waals surface area contributed by atoms with Crippen LogP contribution in [0.3, 0.4) is 0 Å². The van der Waals surface area contributed by atoms with E-state index in [1.54, 1.807) is 0 Å². The van der Waals surface area contributed by atoms with Crippen molar-refractivity contribution in [2.24, 2.45) is 5.92 Å². The third kappa shape index (κ3) is 4.93. The van der Waals surface area contributed by atoms with Crippen molar-refractivity contribution in [3.63, 3.8) is 0 Å². The maximum absolute atomic E-state index is 5.18. The first-order valence-electron chi connectivity index (χ1n) is 5.57. The zero-order valence-electron chi connectivity index (χ0n) is 9.09. The summed E-state index contributed by atoms with van der Waals surface area (Å²) in [4.78, 5) is 0. The van der Waals surface area contributed by atoms with Crippen LogP contribution in [0, 0.1) is 18.3 Å². The number of rotatable bonds is 5. The summed E-state index contributed by atoms with van der Waals surface area (Å²) in [5.41, 5.74) is 0. The lowest BCUT2D eigenvalue weighted by atomic mass is 9.87. The number of terminal acetylenes is 1. The maximum atomic E-state index is 5.18. The first-order valence-corrected chi connectivity index (χ1v) is 6.73. The molecule has 0 heterocycles. The van der Waals surface area contributed by atoms with E-state index in [9.17, 15) is 0 Å². The Bertz CT molecular complexity index is 185. The largest absolute Gasteiger partial charge is 0.313 e. The molecule has 0 spiro atoms. The van der Waals surface area contributed by atoms with Gasteiger partial charge in [-0.3, -0.25) is 0 Å². The highest BCUT2D eigenvalue weighted by Crippen LogP contribution is 2.23. The average molecular weight is 211 g/mol. The number of hydrogen-bond donors (Lipinski definition) is 1. The van der Waals surface area contributed by atoms with Crippen molar-refractivity contribution in [2.45, 2.75) is 38.6 Å². The fourth-order valence-corrected chi connectivity index (χ4v) is 2.61. The summed E-state index contributed by atoms with van der Waals surface area (Å²) in [5, 5.41) is 3.62. The van der Waals surface area contributed by atoms with Gasteiger partial charge in [0.15, 0.2) is 0 Å². The van der Waals surface area contributed by atoms with E-state index in [-0.39, 0.29) is 0 Å². The number of hydrogen-bond acceptors (Lipinski definition) is 2. The molecule has 2 atom stereocenters. The Hall–Kier alpha value is -0.130. The average Bonchev–Trinajstić information content (AvgIpc) is 2.18. The van der Waals surface area contributed by atoms with Crippen LogP contribution in [-0.4, -0.2) is 24.1 Å². The summed E-state index contributed by atoms with van der Waals surface area (Å²) in [6.45, 7) is 3.48. The van der Waals surface area contributed by atoms with E-state index in [1.807, 2.05) is 11.8 Å². The zero-order chi connectivity index (χ0) is 10.2. The van der Waals surface area contributed by atoms with Crippen LogP contribution in [0.15, 0.2) is 0 Å². The summed E-state index contributed by atoms with van der Waals surface area (Å²) in [7, 11) is 0. The molecule has 1 aliphatic rings. The van der Waals surface area contributed by atoms with Crippen LogP contribution in [0.5, 0.6) is 0 Å². The smallest absolute Gasteiger partial charge is 0.0545 e. The molecule has 1 rings (SSSR count). The van der Waals surface area contributed by atoms with Gasteiger partial charge >= 0.3 is 0 Å². The van der Waals surface area contributed by atoms with Gasteiger partial charge in [0.05, 0.1) is 5.75 Å². The molecule has 1 fully saturated rings. The first-order chi connectivity index (χ1) is 6.83. The fraction of sp³-hybridized carbons (Fsp3) is 0.833. The van der Waals surface area contributed by atoms with Gasteiger partial charge in [0, 0.05) is 18.3 Å². The summed E-state index contributed by atoms with van der Waals surface area (Å²) < 4.78 is 0. The Morgan fingerprint density at radius 3 is 3.07 bits per heavy atom. The molecule has 2 unspecified atom stereocenters. The highest BCUT2D eigenvalue weighted by Gasteiger charge is 2.17. The topological polar surface area (TPSA) is 12.0 Å². The van der Waals surface area contributed by atoms with Crippen LogP contribution in [0.2, 0.25) is 0 Å². The first kappa shape index (κ1) is 11.9. The minimum absolute atomic E-state index is 0.769. The normalized spacial score (nSPS) is 27.1. The van der Waals surface area contributed by atoms with Crippen molar-refractivity contribution in [1.82, 2.24) is 5.32 Å². The molecule has 2 heteroatoms. The molecule has 0 saturated heterocycles. The number of nitrogens with one attached hydrogen (secondary N) is 1. The van der Waals surface area contributed by atoms with Gasteiger partial charge in [-0.2, -0.15) is 0 Å².